The molecule has 6 nitrogen and oxygen atoms in total. The Hall–Kier alpha value is -1.70. The van der Waals surface area contributed by atoms with Gasteiger partial charge in [-0.3, -0.25) is 0 Å². The summed E-state index contributed by atoms with van der Waals surface area (Å²) in [5.41, 5.74) is 2.32. The summed E-state index contributed by atoms with van der Waals surface area (Å²) < 4.78 is 28.1. The Balaban J connectivity index is 1.77. The zero-order chi connectivity index (χ0) is 14.9. The standard InChI is InChI=1S/C14H18N4O2S/c1-17(11-14-15-7-8-16-14)21(19,20)18-9-6-12-4-2-3-5-13(12)10-18/h2-5,7-8H,6,9-11H2,1H3,(H,15,16). The van der Waals surface area contributed by atoms with E-state index in [0.29, 0.717) is 18.9 Å². The van der Waals surface area contributed by atoms with Crippen molar-refractivity contribution in [1.82, 2.24) is 18.6 Å². The number of hydrogen-bond acceptors (Lipinski definition) is 3. The second-order valence-electron chi connectivity index (χ2n) is 5.15. The number of fused-ring (bicyclic) bond motifs is 1. The molecule has 1 aromatic carbocycles. The van der Waals surface area contributed by atoms with Crippen LogP contribution in [0.1, 0.15) is 17.0 Å². The number of rotatable bonds is 4. The molecule has 2 aromatic rings. The van der Waals surface area contributed by atoms with E-state index in [9.17, 15) is 8.42 Å². The first kappa shape index (κ1) is 14.2. The Labute approximate surface area is 124 Å². The number of H-pyrrole nitrogens is 1. The Morgan fingerprint density at radius 2 is 2.10 bits per heavy atom. The normalized spacial score (nSPS) is 16.1. The van der Waals surface area contributed by atoms with Gasteiger partial charge in [-0.1, -0.05) is 24.3 Å². The lowest BCUT2D eigenvalue weighted by Crippen LogP contribution is -2.44. The predicted molar refractivity (Wildman–Crippen MR) is 79.5 cm³/mol. The van der Waals surface area contributed by atoms with Crippen LogP contribution in [0.25, 0.3) is 0 Å². The molecule has 7 heteroatoms. The lowest BCUT2D eigenvalue weighted by atomic mass is 10.0. The number of aromatic nitrogens is 2. The number of nitrogens with one attached hydrogen (secondary N) is 1. The van der Waals surface area contributed by atoms with Crippen LogP contribution in [-0.4, -0.2) is 40.6 Å². The first-order valence-corrected chi connectivity index (χ1v) is 8.23. The van der Waals surface area contributed by atoms with Gasteiger partial charge in [-0.05, 0) is 17.5 Å². The Morgan fingerprint density at radius 1 is 1.33 bits per heavy atom. The summed E-state index contributed by atoms with van der Waals surface area (Å²) in [6.07, 6.45) is 4.06. The Bertz CT molecular complexity index is 712. The molecule has 21 heavy (non-hydrogen) atoms. The topological polar surface area (TPSA) is 69.3 Å². The minimum absolute atomic E-state index is 0.244. The lowest BCUT2D eigenvalue weighted by molar-refractivity contribution is 0.340. The SMILES string of the molecule is CN(Cc1ncc[nH]1)S(=O)(=O)N1CCc2ccccc2C1. The van der Waals surface area contributed by atoms with Gasteiger partial charge in [0.25, 0.3) is 10.2 Å². The van der Waals surface area contributed by atoms with Crippen molar-refractivity contribution in [1.29, 1.82) is 0 Å². The van der Waals surface area contributed by atoms with Crippen molar-refractivity contribution in [2.45, 2.75) is 19.5 Å². The van der Waals surface area contributed by atoms with E-state index in [4.69, 9.17) is 0 Å². The molecule has 0 amide bonds. The largest absolute Gasteiger partial charge is 0.347 e. The first-order valence-electron chi connectivity index (χ1n) is 6.84. The maximum absolute atomic E-state index is 12.6. The fraction of sp³-hybridized carbons (Fsp3) is 0.357. The van der Waals surface area contributed by atoms with E-state index < -0.39 is 10.2 Å². The fourth-order valence-corrected chi connectivity index (χ4v) is 3.84. The number of hydrogen-bond donors (Lipinski definition) is 1. The first-order chi connectivity index (χ1) is 10.1. The molecule has 0 saturated carbocycles. The number of aromatic amines is 1. The molecule has 0 spiro atoms. The van der Waals surface area contributed by atoms with Gasteiger partial charge < -0.3 is 4.98 Å². The number of imidazole rings is 1. The summed E-state index contributed by atoms with van der Waals surface area (Å²) in [4.78, 5) is 6.99. The summed E-state index contributed by atoms with van der Waals surface area (Å²) in [6, 6.07) is 7.99. The van der Waals surface area contributed by atoms with Gasteiger partial charge in [0.05, 0.1) is 6.54 Å². The molecule has 0 saturated heterocycles. The third-order valence-corrected chi connectivity index (χ3v) is 5.62. The van der Waals surface area contributed by atoms with Gasteiger partial charge in [0, 0.05) is 32.5 Å². The highest BCUT2D eigenvalue weighted by Gasteiger charge is 2.30. The van der Waals surface area contributed by atoms with Gasteiger partial charge in [-0.25, -0.2) is 4.98 Å². The molecule has 0 radical (unpaired) electrons. The Kier molecular flexibility index (Phi) is 3.79. The second kappa shape index (κ2) is 5.59. The van der Waals surface area contributed by atoms with Crippen LogP contribution in [0.2, 0.25) is 0 Å². The van der Waals surface area contributed by atoms with E-state index in [0.717, 1.165) is 12.0 Å². The molecule has 0 atom stereocenters. The highest BCUT2D eigenvalue weighted by molar-refractivity contribution is 7.86. The molecular weight excluding hydrogens is 288 g/mol. The zero-order valence-electron chi connectivity index (χ0n) is 11.9. The van der Waals surface area contributed by atoms with Crippen LogP contribution in [0.5, 0.6) is 0 Å². The molecule has 1 N–H and O–H groups in total. The van der Waals surface area contributed by atoms with E-state index in [2.05, 4.69) is 16.0 Å². The predicted octanol–water partition coefficient (Wildman–Crippen LogP) is 1.14. The van der Waals surface area contributed by atoms with Crippen LogP contribution < -0.4 is 0 Å². The maximum Gasteiger partial charge on any atom is 0.282 e. The van der Waals surface area contributed by atoms with E-state index >= 15 is 0 Å². The van der Waals surface area contributed by atoms with Crippen LogP contribution in [0.4, 0.5) is 0 Å². The van der Waals surface area contributed by atoms with Gasteiger partial charge in [-0.15, -0.1) is 0 Å². The van der Waals surface area contributed by atoms with Gasteiger partial charge >= 0.3 is 0 Å². The molecule has 0 fully saturated rings. The van der Waals surface area contributed by atoms with E-state index in [1.165, 1.54) is 14.2 Å². The molecule has 1 aliphatic rings. The summed E-state index contributed by atoms with van der Waals surface area (Å²) in [6.45, 7) is 1.19. The monoisotopic (exact) mass is 306 g/mol. The summed E-state index contributed by atoms with van der Waals surface area (Å²) >= 11 is 0. The van der Waals surface area contributed by atoms with Gasteiger partial charge in [0.1, 0.15) is 5.82 Å². The molecule has 2 heterocycles. The molecule has 0 bridgehead atoms. The van der Waals surface area contributed by atoms with Gasteiger partial charge in [0.2, 0.25) is 0 Å². The van der Waals surface area contributed by atoms with Crippen LogP contribution in [0, 0.1) is 0 Å². The smallest absolute Gasteiger partial charge is 0.282 e. The molecule has 1 aliphatic heterocycles. The molecule has 0 unspecified atom stereocenters. The molecule has 1 aromatic heterocycles. The van der Waals surface area contributed by atoms with Crippen LogP contribution in [-0.2, 0) is 29.7 Å². The van der Waals surface area contributed by atoms with Crippen LogP contribution in [0.3, 0.4) is 0 Å². The highest BCUT2D eigenvalue weighted by Crippen LogP contribution is 2.22. The van der Waals surface area contributed by atoms with Gasteiger partial charge in [-0.2, -0.15) is 17.0 Å². The molecule has 0 aliphatic carbocycles. The van der Waals surface area contributed by atoms with E-state index in [1.807, 2.05) is 18.2 Å². The Morgan fingerprint density at radius 3 is 2.81 bits per heavy atom. The third-order valence-electron chi connectivity index (χ3n) is 3.74. The van der Waals surface area contributed by atoms with Gasteiger partial charge in [0.15, 0.2) is 0 Å². The second-order valence-corrected chi connectivity index (χ2v) is 7.19. The number of benzene rings is 1. The van der Waals surface area contributed by atoms with Crippen molar-refractivity contribution in [3.05, 3.63) is 53.6 Å². The van der Waals surface area contributed by atoms with Crippen molar-refractivity contribution < 1.29 is 8.42 Å². The summed E-state index contributed by atoms with van der Waals surface area (Å²) in [5.74, 6) is 0.637. The van der Waals surface area contributed by atoms with E-state index in [1.54, 1.807) is 19.4 Å². The lowest BCUT2D eigenvalue weighted by Gasteiger charge is -2.31. The third kappa shape index (κ3) is 2.85. The fourth-order valence-electron chi connectivity index (χ4n) is 2.54. The van der Waals surface area contributed by atoms with Crippen molar-refractivity contribution in [2.24, 2.45) is 0 Å². The van der Waals surface area contributed by atoms with Crippen LogP contribution in [0.15, 0.2) is 36.7 Å². The maximum atomic E-state index is 12.6. The number of nitrogens with zero attached hydrogens (tertiary/aromatic N) is 3. The summed E-state index contributed by atoms with van der Waals surface area (Å²) in [7, 11) is -1.89. The van der Waals surface area contributed by atoms with Crippen molar-refractivity contribution >= 4 is 10.2 Å². The molecule has 3 rings (SSSR count). The average molecular weight is 306 g/mol. The average Bonchev–Trinajstić information content (AvgIpc) is 2.99. The van der Waals surface area contributed by atoms with E-state index in [-0.39, 0.29) is 6.54 Å². The molecule has 112 valence electrons. The minimum atomic E-state index is -3.47. The highest BCUT2D eigenvalue weighted by atomic mass is 32.2. The van der Waals surface area contributed by atoms with Crippen molar-refractivity contribution in [3.63, 3.8) is 0 Å². The van der Waals surface area contributed by atoms with Crippen molar-refractivity contribution in [3.8, 4) is 0 Å². The van der Waals surface area contributed by atoms with Crippen LogP contribution >= 0.6 is 0 Å². The van der Waals surface area contributed by atoms with Crippen molar-refractivity contribution in [2.75, 3.05) is 13.6 Å². The zero-order valence-corrected chi connectivity index (χ0v) is 12.7. The summed E-state index contributed by atoms with van der Waals surface area (Å²) in [5, 5.41) is 0. The minimum Gasteiger partial charge on any atom is -0.347 e. The quantitative estimate of drug-likeness (QED) is 0.921. The molecular formula is C14H18N4O2S.